The first-order chi connectivity index (χ1) is 9.12. The topological polar surface area (TPSA) is 34.9 Å². The summed E-state index contributed by atoms with van der Waals surface area (Å²) in [6.07, 6.45) is 2.57. The van der Waals surface area contributed by atoms with Crippen LogP contribution in [0.5, 0.6) is 0 Å². The number of aryl methyl sites for hydroxylation is 2. The molecule has 0 radical (unpaired) electrons. The molecule has 0 saturated heterocycles. The Balaban J connectivity index is 2.74. The molecule has 1 heterocycles. The van der Waals surface area contributed by atoms with E-state index in [2.05, 4.69) is 18.9 Å². The lowest BCUT2D eigenvalue weighted by atomic mass is 9.96. The fourth-order valence-electron chi connectivity index (χ4n) is 2.44. The molecule has 1 aromatic heterocycles. The molecule has 0 bridgehead atoms. The van der Waals surface area contributed by atoms with Crippen molar-refractivity contribution in [3.63, 3.8) is 0 Å². The third kappa shape index (κ3) is 2.43. The van der Waals surface area contributed by atoms with E-state index >= 15 is 0 Å². The lowest BCUT2D eigenvalue weighted by Crippen LogP contribution is -1.98. The second-order valence-electron chi connectivity index (χ2n) is 4.45. The Bertz CT molecular complexity index is 617. The molecule has 4 heteroatoms. The molecule has 0 saturated carbocycles. The van der Waals surface area contributed by atoms with Gasteiger partial charge in [-0.15, -0.1) is 0 Å². The van der Waals surface area contributed by atoms with Crippen molar-refractivity contribution in [2.75, 3.05) is 0 Å². The molecule has 3 nitrogen and oxygen atoms in total. The monoisotopic (exact) mass is 276 g/mol. The smallest absolute Gasteiger partial charge is 0.150 e. The van der Waals surface area contributed by atoms with Crippen molar-refractivity contribution in [3.05, 3.63) is 40.2 Å². The van der Waals surface area contributed by atoms with Crippen molar-refractivity contribution in [3.8, 4) is 11.1 Å². The average molecular weight is 277 g/mol. The Kier molecular flexibility index (Phi) is 4.05. The number of aldehydes is 1. The molecule has 0 unspecified atom stereocenters. The first-order valence-electron chi connectivity index (χ1n) is 6.42. The van der Waals surface area contributed by atoms with Crippen LogP contribution in [0.2, 0.25) is 5.02 Å². The molecule has 1 aromatic carbocycles. The highest BCUT2D eigenvalue weighted by molar-refractivity contribution is 6.31. The van der Waals surface area contributed by atoms with Crippen LogP contribution in [0.15, 0.2) is 18.2 Å². The van der Waals surface area contributed by atoms with Gasteiger partial charge in [0, 0.05) is 28.9 Å². The standard InChI is InChI=1S/C15H17ClN2O/c1-4-13-15(14(5-2)18(3)17-13)12-7-6-11(16)8-10(12)9-19/h6-9H,4-5H2,1-3H3. The number of carbonyl (C=O) groups excluding carboxylic acids is 1. The Labute approximate surface area is 118 Å². The quantitative estimate of drug-likeness (QED) is 0.799. The van der Waals surface area contributed by atoms with E-state index in [0.29, 0.717) is 10.6 Å². The molecule has 0 amide bonds. The van der Waals surface area contributed by atoms with Crippen molar-refractivity contribution in [2.24, 2.45) is 7.05 Å². The first kappa shape index (κ1) is 13.8. The van der Waals surface area contributed by atoms with Crippen LogP contribution in [0.4, 0.5) is 0 Å². The Morgan fingerprint density at radius 2 is 2.05 bits per heavy atom. The van der Waals surface area contributed by atoms with Crippen LogP contribution < -0.4 is 0 Å². The summed E-state index contributed by atoms with van der Waals surface area (Å²) < 4.78 is 1.90. The molecular formula is C15H17ClN2O. The van der Waals surface area contributed by atoms with Gasteiger partial charge in [-0.3, -0.25) is 9.48 Å². The van der Waals surface area contributed by atoms with E-state index in [1.807, 2.05) is 23.9 Å². The Hall–Kier alpha value is -1.61. The number of hydrogen-bond acceptors (Lipinski definition) is 2. The van der Waals surface area contributed by atoms with Gasteiger partial charge in [0.25, 0.3) is 0 Å². The van der Waals surface area contributed by atoms with E-state index in [-0.39, 0.29) is 0 Å². The van der Waals surface area contributed by atoms with E-state index in [4.69, 9.17) is 11.6 Å². The largest absolute Gasteiger partial charge is 0.298 e. The third-order valence-electron chi connectivity index (χ3n) is 3.32. The molecule has 0 aliphatic carbocycles. The van der Waals surface area contributed by atoms with Gasteiger partial charge in [-0.25, -0.2) is 0 Å². The minimum atomic E-state index is 0.575. The maximum atomic E-state index is 11.3. The molecule has 2 aromatic rings. The van der Waals surface area contributed by atoms with Gasteiger partial charge in [0.15, 0.2) is 6.29 Å². The molecule has 0 fully saturated rings. The molecule has 19 heavy (non-hydrogen) atoms. The van der Waals surface area contributed by atoms with Gasteiger partial charge >= 0.3 is 0 Å². The number of aromatic nitrogens is 2. The van der Waals surface area contributed by atoms with E-state index in [1.165, 1.54) is 0 Å². The van der Waals surface area contributed by atoms with Crippen LogP contribution in [-0.2, 0) is 19.9 Å². The third-order valence-corrected chi connectivity index (χ3v) is 3.55. The van der Waals surface area contributed by atoms with Crippen molar-refractivity contribution in [1.29, 1.82) is 0 Å². The molecular weight excluding hydrogens is 260 g/mol. The van der Waals surface area contributed by atoms with Gasteiger partial charge < -0.3 is 0 Å². The summed E-state index contributed by atoms with van der Waals surface area (Å²) in [5, 5.41) is 5.12. The lowest BCUT2D eigenvalue weighted by Gasteiger charge is -2.08. The van der Waals surface area contributed by atoms with Gasteiger partial charge in [0.1, 0.15) is 0 Å². The van der Waals surface area contributed by atoms with Crippen LogP contribution in [0.1, 0.15) is 35.6 Å². The first-order valence-corrected chi connectivity index (χ1v) is 6.80. The van der Waals surface area contributed by atoms with E-state index < -0.39 is 0 Å². The maximum absolute atomic E-state index is 11.3. The summed E-state index contributed by atoms with van der Waals surface area (Å²) in [7, 11) is 1.94. The fourth-order valence-corrected chi connectivity index (χ4v) is 2.62. The van der Waals surface area contributed by atoms with Gasteiger partial charge in [-0.2, -0.15) is 5.10 Å². The van der Waals surface area contributed by atoms with E-state index in [1.54, 1.807) is 6.07 Å². The van der Waals surface area contributed by atoms with Gasteiger partial charge in [0.2, 0.25) is 0 Å². The molecule has 0 aliphatic rings. The second-order valence-corrected chi connectivity index (χ2v) is 4.88. The predicted octanol–water partition coefficient (Wildman–Crippen LogP) is 3.68. The van der Waals surface area contributed by atoms with Crippen molar-refractivity contribution >= 4 is 17.9 Å². The zero-order valence-electron chi connectivity index (χ0n) is 11.4. The van der Waals surface area contributed by atoms with Crippen molar-refractivity contribution in [2.45, 2.75) is 26.7 Å². The molecule has 100 valence electrons. The fraction of sp³-hybridized carbons (Fsp3) is 0.333. The highest BCUT2D eigenvalue weighted by Crippen LogP contribution is 2.32. The molecule has 0 N–H and O–H groups in total. The molecule has 0 spiro atoms. The highest BCUT2D eigenvalue weighted by Gasteiger charge is 2.18. The summed E-state index contributed by atoms with van der Waals surface area (Å²) in [5.41, 5.74) is 4.77. The SMILES string of the molecule is CCc1nn(C)c(CC)c1-c1ccc(Cl)cc1C=O. The number of rotatable bonds is 4. The predicted molar refractivity (Wildman–Crippen MR) is 77.8 cm³/mol. The van der Waals surface area contributed by atoms with Crippen LogP contribution >= 0.6 is 11.6 Å². The van der Waals surface area contributed by atoms with Gasteiger partial charge in [-0.1, -0.05) is 31.5 Å². The zero-order chi connectivity index (χ0) is 14.0. The van der Waals surface area contributed by atoms with Crippen LogP contribution in [0, 0.1) is 0 Å². The summed E-state index contributed by atoms with van der Waals surface area (Å²) in [6, 6.07) is 5.42. The van der Waals surface area contributed by atoms with E-state index in [0.717, 1.165) is 41.6 Å². The number of halogens is 1. The lowest BCUT2D eigenvalue weighted by molar-refractivity contribution is 0.112. The normalized spacial score (nSPS) is 10.7. The minimum Gasteiger partial charge on any atom is -0.298 e. The number of nitrogens with zero attached hydrogens (tertiary/aromatic N) is 2. The number of carbonyl (C=O) groups is 1. The number of hydrogen-bond donors (Lipinski definition) is 0. The Morgan fingerprint density at radius 1 is 1.32 bits per heavy atom. The van der Waals surface area contributed by atoms with Crippen LogP contribution in [-0.4, -0.2) is 16.1 Å². The van der Waals surface area contributed by atoms with Crippen LogP contribution in [0.3, 0.4) is 0 Å². The average Bonchev–Trinajstić information content (AvgIpc) is 2.74. The van der Waals surface area contributed by atoms with E-state index in [9.17, 15) is 4.79 Å². The zero-order valence-corrected chi connectivity index (χ0v) is 12.2. The van der Waals surface area contributed by atoms with Crippen molar-refractivity contribution in [1.82, 2.24) is 9.78 Å². The summed E-state index contributed by atoms with van der Waals surface area (Å²) in [6.45, 7) is 4.16. The maximum Gasteiger partial charge on any atom is 0.150 e. The van der Waals surface area contributed by atoms with Crippen molar-refractivity contribution < 1.29 is 4.79 Å². The molecule has 0 atom stereocenters. The summed E-state index contributed by atoms with van der Waals surface area (Å²) >= 11 is 5.96. The van der Waals surface area contributed by atoms with Gasteiger partial charge in [0.05, 0.1) is 5.69 Å². The summed E-state index contributed by atoms with van der Waals surface area (Å²) in [5.74, 6) is 0. The highest BCUT2D eigenvalue weighted by atomic mass is 35.5. The summed E-state index contributed by atoms with van der Waals surface area (Å²) in [4.78, 5) is 11.3. The van der Waals surface area contributed by atoms with Crippen LogP contribution in [0.25, 0.3) is 11.1 Å². The Morgan fingerprint density at radius 3 is 2.63 bits per heavy atom. The van der Waals surface area contributed by atoms with Gasteiger partial charge in [-0.05, 0) is 30.5 Å². The number of benzene rings is 1. The minimum absolute atomic E-state index is 0.575. The second kappa shape index (κ2) is 5.57. The molecule has 2 rings (SSSR count). The molecule has 0 aliphatic heterocycles.